The lowest BCUT2D eigenvalue weighted by Gasteiger charge is -2.31. The van der Waals surface area contributed by atoms with E-state index in [-0.39, 0.29) is 5.91 Å². The van der Waals surface area contributed by atoms with Gasteiger partial charge in [0.25, 0.3) is 5.91 Å². The van der Waals surface area contributed by atoms with Gasteiger partial charge in [-0.2, -0.15) is 0 Å². The Hall–Kier alpha value is -0.680. The van der Waals surface area contributed by atoms with Crippen LogP contribution < -0.4 is 0 Å². The van der Waals surface area contributed by atoms with E-state index in [4.69, 9.17) is 11.6 Å². The fraction of sp³-hybridized carbons (Fsp3) is 0.727. The minimum absolute atomic E-state index is 0.0174. The van der Waals surface area contributed by atoms with Crippen molar-refractivity contribution in [3.63, 3.8) is 0 Å². The minimum atomic E-state index is 0.0174. The lowest BCUT2D eigenvalue weighted by molar-refractivity contribution is 0.0689. The molecule has 0 N–H and O–H groups in total. The summed E-state index contributed by atoms with van der Waals surface area (Å²) in [6.45, 7) is 0.866. The number of amides is 1. The van der Waals surface area contributed by atoms with E-state index in [0.29, 0.717) is 21.4 Å². The van der Waals surface area contributed by atoms with Gasteiger partial charge in [-0.15, -0.1) is 10.2 Å². The molecule has 6 heteroatoms. The van der Waals surface area contributed by atoms with Crippen LogP contribution in [-0.4, -0.2) is 33.6 Å². The molecule has 1 aliphatic heterocycles. The maximum absolute atomic E-state index is 12.3. The number of hydrogen-bond acceptors (Lipinski definition) is 4. The maximum Gasteiger partial charge on any atom is 0.285 e. The van der Waals surface area contributed by atoms with E-state index in [1.54, 1.807) is 0 Å². The van der Waals surface area contributed by atoms with Crippen LogP contribution >= 0.6 is 22.9 Å². The highest BCUT2D eigenvalue weighted by molar-refractivity contribution is 7.17. The number of likely N-dealkylation sites (tertiary alicyclic amines) is 1. The number of aromatic nitrogens is 2. The van der Waals surface area contributed by atoms with Crippen LogP contribution in [0.3, 0.4) is 0 Å². The highest BCUT2D eigenvalue weighted by Crippen LogP contribution is 2.37. The van der Waals surface area contributed by atoms with Crippen molar-refractivity contribution >= 4 is 28.8 Å². The standard InChI is InChI=1S/C11H14ClN3OS/c12-11-14-13-9(17-11)10(16)15-6-5-7-3-1-2-4-8(7)15/h7-8H,1-6H2. The first-order valence-corrected chi connectivity index (χ1v) is 7.25. The molecular formula is C11H14ClN3OS. The van der Waals surface area contributed by atoms with Crippen LogP contribution in [0, 0.1) is 5.92 Å². The second-order valence-corrected chi connectivity index (χ2v) is 6.32. The smallest absolute Gasteiger partial charge is 0.285 e. The zero-order valence-corrected chi connectivity index (χ0v) is 11.0. The Labute approximate surface area is 109 Å². The van der Waals surface area contributed by atoms with Crippen LogP contribution in [0.15, 0.2) is 0 Å². The van der Waals surface area contributed by atoms with E-state index in [1.807, 2.05) is 4.90 Å². The molecule has 2 fully saturated rings. The summed E-state index contributed by atoms with van der Waals surface area (Å²) >= 11 is 6.90. The monoisotopic (exact) mass is 271 g/mol. The van der Waals surface area contributed by atoms with E-state index in [2.05, 4.69) is 10.2 Å². The molecule has 2 atom stereocenters. The lowest BCUT2D eigenvalue weighted by Crippen LogP contribution is -2.39. The SMILES string of the molecule is O=C(c1nnc(Cl)s1)N1CCC2CCCCC21. The first-order valence-electron chi connectivity index (χ1n) is 6.05. The third kappa shape index (κ3) is 2.06. The largest absolute Gasteiger partial charge is 0.333 e. The Bertz CT molecular complexity index is 436. The summed E-state index contributed by atoms with van der Waals surface area (Å²) in [5, 5.41) is 7.97. The summed E-state index contributed by atoms with van der Waals surface area (Å²) in [5.74, 6) is 0.722. The van der Waals surface area contributed by atoms with E-state index < -0.39 is 0 Å². The molecule has 0 aromatic carbocycles. The number of fused-ring (bicyclic) bond motifs is 1. The molecule has 2 heterocycles. The molecule has 17 heavy (non-hydrogen) atoms. The normalized spacial score (nSPS) is 28.2. The molecule has 0 bridgehead atoms. The van der Waals surface area contributed by atoms with Crippen molar-refractivity contribution in [3.8, 4) is 0 Å². The Morgan fingerprint density at radius 1 is 1.29 bits per heavy atom. The molecule has 1 saturated carbocycles. The van der Waals surface area contributed by atoms with Crippen molar-refractivity contribution in [2.24, 2.45) is 5.92 Å². The summed E-state index contributed by atoms with van der Waals surface area (Å²) in [4.78, 5) is 14.3. The van der Waals surface area contributed by atoms with Gasteiger partial charge < -0.3 is 4.90 Å². The lowest BCUT2D eigenvalue weighted by atomic mass is 9.85. The number of halogens is 1. The predicted octanol–water partition coefficient (Wildman–Crippen LogP) is 2.60. The van der Waals surface area contributed by atoms with Gasteiger partial charge >= 0.3 is 0 Å². The third-order valence-electron chi connectivity index (χ3n) is 3.85. The van der Waals surface area contributed by atoms with Crippen LogP contribution in [0.25, 0.3) is 0 Å². The summed E-state index contributed by atoms with van der Waals surface area (Å²) in [6.07, 6.45) is 6.10. The molecule has 1 amide bonds. The second-order valence-electron chi connectivity index (χ2n) is 4.76. The molecule has 0 radical (unpaired) electrons. The van der Waals surface area contributed by atoms with Gasteiger partial charge in [-0.3, -0.25) is 4.79 Å². The van der Waals surface area contributed by atoms with Gasteiger partial charge in [0.05, 0.1) is 0 Å². The summed E-state index contributed by atoms with van der Waals surface area (Å²) in [7, 11) is 0. The van der Waals surface area contributed by atoms with Crippen molar-refractivity contribution in [2.45, 2.75) is 38.1 Å². The topological polar surface area (TPSA) is 46.1 Å². The molecule has 2 aliphatic rings. The molecule has 3 rings (SSSR count). The zero-order chi connectivity index (χ0) is 11.8. The Kier molecular flexibility index (Phi) is 3.04. The van der Waals surface area contributed by atoms with Crippen LogP contribution in [-0.2, 0) is 0 Å². The van der Waals surface area contributed by atoms with Gasteiger partial charge in [0.15, 0.2) is 0 Å². The zero-order valence-electron chi connectivity index (χ0n) is 9.43. The van der Waals surface area contributed by atoms with Crippen molar-refractivity contribution in [1.82, 2.24) is 15.1 Å². The Balaban J connectivity index is 1.78. The number of carbonyl (C=O) groups excluding carboxylic acids is 1. The third-order valence-corrected chi connectivity index (χ3v) is 4.86. The van der Waals surface area contributed by atoms with Crippen molar-refractivity contribution < 1.29 is 4.79 Å². The molecule has 1 aromatic heterocycles. The number of hydrogen-bond donors (Lipinski definition) is 0. The van der Waals surface area contributed by atoms with E-state index in [0.717, 1.165) is 19.4 Å². The number of carbonyl (C=O) groups is 1. The van der Waals surface area contributed by atoms with Crippen LogP contribution in [0.1, 0.15) is 41.9 Å². The van der Waals surface area contributed by atoms with Gasteiger partial charge in [-0.05, 0) is 36.8 Å². The van der Waals surface area contributed by atoms with Gasteiger partial charge in [-0.25, -0.2) is 0 Å². The fourth-order valence-electron chi connectivity index (χ4n) is 3.07. The summed E-state index contributed by atoms with van der Waals surface area (Å²) < 4.78 is 0.341. The first-order chi connectivity index (χ1) is 8.25. The average molecular weight is 272 g/mol. The Morgan fingerprint density at radius 2 is 2.12 bits per heavy atom. The minimum Gasteiger partial charge on any atom is -0.333 e. The predicted molar refractivity (Wildman–Crippen MR) is 66.3 cm³/mol. The van der Waals surface area contributed by atoms with Crippen LogP contribution in [0.2, 0.25) is 4.47 Å². The van der Waals surface area contributed by atoms with Crippen molar-refractivity contribution in [1.29, 1.82) is 0 Å². The molecule has 2 unspecified atom stereocenters. The molecule has 1 aromatic rings. The molecule has 0 spiro atoms. The average Bonchev–Trinajstić information content (AvgIpc) is 2.94. The summed E-state index contributed by atoms with van der Waals surface area (Å²) in [5.41, 5.74) is 0. The molecule has 1 aliphatic carbocycles. The molecular weight excluding hydrogens is 258 g/mol. The first kappa shape index (κ1) is 11.4. The van der Waals surface area contributed by atoms with Crippen LogP contribution in [0.5, 0.6) is 0 Å². The highest BCUT2D eigenvalue weighted by atomic mass is 35.5. The second kappa shape index (κ2) is 4.53. The van der Waals surface area contributed by atoms with Gasteiger partial charge in [0.1, 0.15) is 0 Å². The fourth-order valence-corrected chi connectivity index (χ4v) is 3.86. The molecule has 1 saturated heterocycles. The van der Waals surface area contributed by atoms with E-state index in [9.17, 15) is 4.79 Å². The van der Waals surface area contributed by atoms with Gasteiger partial charge in [-0.1, -0.05) is 24.2 Å². The van der Waals surface area contributed by atoms with Crippen LogP contribution in [0.4, 0.5) is 0 Å². The molecule has 92 valence electrons. The van der Waals surface area contributed by atoms with Gasteiger partial charge in [0.2, 0.25) is 9.47 Å². The van der Waals surface area contributed by atoms with E-state index in [1.165, 1.54) is 30.6 Å². The van der Waals surface area contributed by atoms with Crippen molar-refractivity contribution in [3.05, 3.63) is 9.47 Å². The summed E-state index contributed by atoms with van der Waals surface area (Å²) in [6, 6.07) is 0.430. The molecule has 4 nitrogen and oxygen atoms in total. The Morgan fingerprint density at radius 3 is 2.88 bits per heavy atom. The number of nitrogens with zero attached hydrogens (tertiary/aromatic N) is 3. The quantitative estimate of drug-likeness (QED) is 0.789. The van der Waals surface area contributed by atoms with Crippen molar-refractivity contribution in [2.75, 3.05) is 6.54 Å². The number of rotatable bonds is 1. The van der Waals surface area contributed by atoms with E-state index >= 15 is 0 Å². The van der Waals surface area contributed by atoms with Gasteiger partial charge in [0, 0.05) is 12.6 Å². The maximum atomic E-state index is 12.3. The highest BCUT2D eigenvalue weighted by Gasteiger charge is 2.39.